The number of sulfonamides is 2. The summed E-state index contributed by atoms with van der Waals surface area (Å²) in [6.45, 7) is 3.83. The Kier molecular flexibility index (Phi) is 4.53. The molecule has 2 bridgehead atoms. The van der Waals surface area contributed by atoms with E-state index in [1.165, 1.54) is 6.26 Å². The Hall–Kier alpha value is -0.960. The maximum atomic E-state index is 12.6. The molecule has 2 aliphatic heterocycles. The quantitative estimate of drug-likeness (QED) is 0.869. The van der Waals surface area contributed by atoms with Gasteiger partial charge in [0.05, 0.1) is 11.2 Å². The van der Waals surface area contributed by atoms with Crippen LogP contribution in [0.2, 0.25) is 0 Å². The molecule has 2 aliphatic rings. The molecule has 2 saturated heterocycles. The van der Waals surface area contributed by atoms with Crippen molar-refractivity contribution in [1.29, 1.82) is 0 Å². The second-order valence-corrected chi connectivity index (χ2v) is 10.6. The van der Waals surface area contributed by atoms with Gasteiger partial charge in [0.25, 0.3) is 0 Å². The largest absolute Gasteiger partial charge is 0.240 e. The monoisotopic (exact) mass is 372 g/mol. The van der Waals surface area contributed by atoms with Crippen molar-refractivity contribution >= 4 is 20.0 Å². The smallest absolute Gasteiger partial charge is 0.212 e. The minimum absolute atomic E-state index is 0.0915. The summed E-state index contributed by atoms with van der Waals surface area (Å²) in [4.78, 5) is 0.267. The molecular weight excluding hydrogens is 348 g/mol. The molecule has 3 rings (SSSR count). The van der Waals surface area contributed by atoms with Crippen molar-refractivity contribution in [1.82, 2.24) is 9.03 Å². The fourth-order valence-corrected chi connectivity index (χ4v) is 6.75. The molecule has 2 atom stereocenters. The Morgan fingerprint density at radius 2 is 1.58 bits per heavy atom. The van der Waals surface area contributed by atoms with E-state index >= 15 is 0 Å². The summed E-state index contributed by atoms with van der Waals surface area (Å²) < 4.78 is 53.5. The van der Waals surface area contributed by atoms with Gasteiger partial charge in [-0.15, -0.1) is 0 Å². The molecule has 0 spiro atoms. The maximum Gasteiger partial charge on any atom is 0.240 e. The van der Waals surface area contributed by atoms with Crippen LogP contribution in [-0.4, -0.2) is 45.5 Å². The van der Waals surface area contributed by atoms with Gasteiger partial charge in [0.2, 0.25) is 20.0 Å². The molecule has 2 fully saturated rings. The van der Waals surface area contributed by atoms with E-state index in [4.69, 9.17) is 0 Å². The highest BCUT2D eigenvalue weighted by atomic mass is 32.2. The van der Waals surface area contributed by atoms with Crippen molar-refractivity contribution in [3.05, 3.63) is 29.3 Å². The fourth-order valence-electron chi connectivity index (χ4n) is 3.94. The molecule has 0 aromatic heterocycles. The lowest BCUT2D eigenvalue weighted by atomic mass is 10.0. The minimum atomic E-state index is -3.59. The number of aryl methyl sites for hydroxylation is 2. The molecule has 2 heterocycles. The van der Waals surface area contributed by atoms with E-state index in [1.807, 2.05) is 13.8 Å². The Morgan fingerprint density at radius 1 is 1.00 bits per heavy atom. The van der Waals surface area contributed by atoms with Crippen LogP contribution in [0.5, 0.6) is 0 Å². The average molecular weight is 373 g/mol. The van der Waals surface area contributed by atoms with Gasteiger partial charge in [-0.25, -0.2) is 21.6 Å². The Balaban J connectivity index is 1.77. The molecule has 1 aromatic rings. The van der Waals surface area contributed by atoms with E-state index in [0.29, 0.717) is 12.8 Å². The first-order valence-corrected chi connectivity index (χ1v) is 11.5. The van der Waals surface area contributed by atoms with Crippen LogP contribution in [0.1, 0.15) is 36.8 Å². The number of nitrogens with one attached hydrogen (secondary N) is 1. The summed E-state index contributed by atoms with van der Waals surface area (Å²) in [6, 6.07) is 4.70. The molecule has 0 amide bonds. The summed E-state index contributed by atoms with van der Waals surface area (Å²) in [6.07, 6.45) is 3.92. The van der Waals surface area contributed by atoms with Crippen molar-refractivity contribution in [2.24, 2.45) is 0 Å². The van der Waals surface area contributed by atoms with Gasteiger partial charge in [-0.05, 0) is 62.8 Å². The molecule has 134 valence electrons. The first-order chi connectivity index (χ1) is 11.1. The zero-order valence-electron chi connectivity index (χ0n) is 14.2. The summed E-state index contributed by atoms with van der Waals surface area (Å²) in [5.41, 5.74) is 1.98. The van der Waals surface area contributed by atoms with Crippen LogP contribution < -0.4 is 4.72 Å². The van der Waals surface area contributed by atoms with E-state index in [2.05, 4.69) is 4.72 Å². The van der Waals surface area contributed by atoms with Crippen LogP contribution in [0.3, 0.4) is 0 Å². The lowest BCUT2D eigenvalue weighted by Crippen LogP contribution is -2.51. The summed E-state index contributed by atoms with van der Waals surface area (Å²) in [5.74, 6) is 0. The minimum Gasteiger partial charge on any atom is -0.212 e. The van der Waals surface area contributed by atoms with Crippen LogP contribution in [-0.2, 0) is 20.0 Å². The second-order valence-electron chi connectivity index (χ2n) is 7.01. The molecule has 0 aliphatic carbocycles. The van der Waals surface area contributed by atoms with Gasteiger partial charge in [-0.3, -0.25) is 0 Å². The topological polar surface area (TPSA) is 83.6 Å². The maximum absolute atomic E-state index is 12.6. The first-order valence-electron chi connectivity index (χ1n) is 8.16. The van der Waals surface area contributed by atoms with Crippen molar-refractivity contribution in [2.45, 2.75) is 62.6 Å². The second kappa shape index (κ2) is 6.09. The number of hydrogen-bond acceptors (Lipinski definition) is 4. The van der Waals surface area contributed by atoms with Crippen LogP contribution in [0, 0.1) is 13.8 Å². The van der Waals surface area contributed by atoms with Crippen LogP contribution >= 0.6 is 0 Å². The Morgan fingerprint density at radius 3 is 2.08 bits per heavy atom. The van der Waals surface area contributed by atoms with Gasteiger partial charge in [0.15, 0.2) is 0 Å². The van der Waals surface area contributed by atoms with Gasteiger partial charge in [0, 0.05) is 18.1 Å². The molecule has 0 saturated carbocycles. The number of nitrogens with zero attached hydrogens (tertiary/aromatic N) is 1. The van der Waals surface area contributed by atoms with E-state index in [0.717, 1.165) is 24.0 Å². The van der Waals surface area contributed by atoms with Gasteiger partial charge in [0.1, 0.15) is 0 Å². The summed E-state index contributed by atoms with van der Waals surface area (Å²) in [5, 5.41) is 0. The van der Waals surface area contributed by atoms with Gasteiger partial charge < -0.3 is 0 Å². The van der Waals surface area contributed by atoms with E-state index in [1.54, 1.807) is 22.5 Å². The predicted molar refractivity (Wildman–Crippen MR) is 92.8 cm³/mol. The number of fused-ring (bicyclic) bond motifs is 2. The normalized spacial score (nSPS) is 28.2. The van der Waals surface area contributed by atoms with E-state index < -0.39 is 20.0 Å². The average Bonchev–Trinajstić information content (AvgIpc) is 2.74. The predicted octanol–water partition coefficient (Wildman–Crippen LogP) is 1.54. The number of benzene rings is 1. The van der Waals surface area contributed by atoms with Gasteiger partial charge >= 0.3 is 0 Å². The zero-order valence-corrected chi connectivity index (χ0v) is 15.8. The molecule has 6 nitrogen and oxygen atoms in total. The number of piperidine rings is 1. The molecular formula is C16H24N2O4S2. The van der Waals surface area contributed by atoms with E-state index in [9.17, 15) is 16.8 Å². The molecule has 1 N–H and O–H groups in total. The molecule has 2 unspecified atom stereocenters. The number of hydrogen-bond donors (Lipinski definition) is 1. The zero-order chi connectivity index (χ0) is 17.7. The van der Waals surface area contributed by atoms with Crippen LogP contribution in [0.25, 0.3) is 0 Å². The fraction of sp³-hybridized carbons (Fsp3) is 0.625. The third-order valence-corrected chi connectivity index (χ3v) is 8.04. The van der Waals surface area contributed by atoms with Crippen molar-refractivity contribution < 1.29 is 16.8 Å². The van der Waals surface area contributed by atoms with Gasteiger partial charge in [-0.1, -0.05) is 6.07 Å². The third kappa shape index (κ3) is 3.37. The Labute approximate surface area is 144 Å². The Bertz CT molecular complexity index is 835. The van der Waals surface area contributed by atoms with Crippen molar-refractivity contribution in [3.63, 3.8) is 0 Å². The molecule has 24 heavy (non-hydrogen) atoms. The standard InChI is InChI=1S/C16H24N2O4S2/c1-11-4-7-16(8-12(11)2)24(21,22)17-13-9-14-5-6-15(10-13)18(14)23(3,19)20/h4,7-8,13-15,17H,5-6,9-10H2,1-3H3. The summed E-state index contributed by atoms with van der Waals surface area (Å²) >= 11 is 0. The van der Waals surface area contributed by atoms with Crippen LogP contribution in [0.4, 0.5) is 0 Å². The summed E-state index contributed by atoms with van der Waals surface area (Å²) in [7, 11) is -6.82. The lowest BCUT2D eigenvalue weighted by molar-refractivity contribution is 0.221. The lowest BCUT2D eigenvalue weighted by Gasteiger charge is -2.37. The molecule has 8 heteroatoms. The first kappa shape index (κ1) is 17.8. The van der Waals surface area contributed by atoms with E-state index in [-0.39, 0.29) is 23.0 Å². The van der Waals surface area contributed by atoms with Crippen molar-refractivity contribution in [2.75, 3.05) is 6.26 Å². The highest BCUT2D eigenvalue weighted by Gasteiger charge is 2.45. The SMILES string of the molecule is Cc1ccc(S(=O)(=O)NC2CC3CCC(C2)N3S(C)(=O)=O)cc1C. The highest BCUT2D eigenvalue weighted by Crippen LogP contribution is 2.37. The molecule has 1 aromatic carbocycles. The van der Waals surface area contributed by atoms with Crippen molar-refractivity contribution in [3.8, 4) is 0 Å². The van der Waals surface area contributed by atoms with Gasteiger partial charge in [-0.2, -0.15) is 4.31 Å². The number of rotatable bonds is 4. The van der Waals surface area contributed by atoms with Crippen LogP contribution in [0.15, 0.2) is 23.1 Å². The molecule has 0 radical (unpaired) electrons. The third-order valence-electron chi connectivity index (χ3n) is 5.16. The highest BCUT2D eigenvalue weighted by molar-refractivity contribution is 7.89.